The van der Waals surface area contributed by atoms with Crippen LogP contribution in [-0.2, 0) is 4.79 Å². The van der Waals surface area contributed by atoms with Crippen LogP contribution >= 0.6 is 0 Å². The van der Waals surface area contributed by atoms with Gasteiger partial charge in [0.05, 0.1) is 0 Å². The summed E-state index contributed by atoms with van der Waals surface area (Å²) in [6.45, 7) is 9.35. The molecule has 0 aliphatic carbocycles. The van der Waals surface area contributed by atoms with E-state index in [1.165, 1.54) is 5.56 Å². The lowest BCUT2D eigenvalue weighted by atomic mass is 10.1. The van der Waals surface area contributed by atoms with Crippen LogP contribution in [0.25, 0.3) is 0 Å². The van der Waals surface area contributed by atoms with Crippen molar-refractivity contribution in [1.29, 1.82) is 0 Å². The Bertz CT molecular complexity index is 479. The summed E-state index contributed by atoms with van der Waals surface area (Å²) in [5.41, 5.74) is 2.28. The third kappa shape index (κ3) is 3.31. The topological polar surface area (TPSA) is 32.8 Å². The standard InChI is InChI=1S/C16H24N2O2/c1-12-6-5-7-15(13(12)2)20-14(3)16(19)18-10-8-17(4)9-11-18/h5-7,14H,8-11H2,1-4H3/t14-/m0/s1. The molecule has 110 valence electrons. The smallest absolute Gasteiger partial charge is 0.263 e. The van der Waals surface area contributed by atoms with Gasteiger partial charge in [-0.3, -0.25) is 4.79 Å². The third-order valence-corrected chi connectivity index (χ3v) is 4.02. The minimum Gasteiger partial charge on any atom is -0.481 e. The van der Waals surface area contributed by atoms with Crippen LogP contribution in [0.1, 0.15) is 18.1 Å². The first-order chi connectivity index (χ1) is 9.49. The second kappa shape index (κ2) is 6.27. The van der Waals surface area contributed by atoms with Gasteiger partial charge in [-0.05, 0) is 45.0 Å². The van der Waals surface area contributed by atoms with Gasteiger partial charge in [-0.1, -0.05) is 12.1 Å². The van der Waals surface area contributed by atoms with Gasteiger partial charge in [0.2, 0.25) is 0 Å². The van der Waals surface area contributed by atoms with Crippen LogP contribution in [0.4, 0.5) is 0 Å². The Balaban J connectivity index is 1.99. The maximum absolute atomic E-state index is 12.4. The fourth-order valence-electron chi connectivity index (χ4n) is 2.38. The number of piperazine rings is 1. The summed E-state index contributed by atoms with van der Waals surface area (Å²) < 4.78 is 5.86. The molecule has 0 aromatic heterocycles. The summed E-state index contributed by atoms with van der Waals surface area (Å²) in [5.74, 6) is 0.888. The van der Waals surface area contributed by atoms with Crippen LogP contribution in [0.3, 0.4) is 0 Å². The molecular formula is C16H24N2O2. The number of benzene rings is 1. The van der Waals surface area contributed by atoms with Crippen LogP contribution in [0, 0.1) is 13.8 Å². The second-order valence-corrected chi connectivity index (χ2v) is 5.59. The van der Waals surface area contributed by atoms with Crippen LogP contribution in [0.2, 0.25) is 0 Å². The number of amides is 1. The number of hydrogen-bond acceptors (Lipinski definition) is 3. The number of likely N-dealkylation sites (N-methyl/N-ethyl adjacent to an activating group) is 1. The van der Waals surface area contributed by atoms with Gasteiger partial charge >= 0.3 is 0 Å². The van der Waals surface area contributed by atoms with E-state index in [2.05, 4.69) is 24.9 Å². The largest absolute Gasteiger partial charge is 0.481 e. The average molecular weight is 276 g/mol. The average Bonchev–Trinajstić information content (AvgIpc) is 2.44. The van der Waals surface area contributed by atoms with Gasteiger partial charge in [0, 0.05) is 26.2 Å². The minimum atomic E-state index is -0.432. The lowest BCUT2D eigenvalue weighted by Gasteiger charge is -2.34. The van der Waals surface area contributed by atoms with Crippen molar-refractivity contribution in [1.82, 2.24) is 9.80 Å². The summed E-state index contributed by atoms with van der Waals surface area (Å²) in [5, 5.41) is 0. The number of hydrogen-bond donors (Lipinski definition) is 0. The molecule has 0 unspecified atom stereocenters. The third-order valence-electron chi connectivity index (χ3n) is 4.02. The van der Waals surface area contributed by atoms with E-state index in [4.69, 9.17) is 4.74 Å². The minimum absolute atomic E-state index is 0.0824. The van der Waals surface area contributed by atoms with Gasteiger partial charge in [0.1, 0.15) is 5.75 Å². The molecule has 0 bridgehead atoms. The molecule has 1 aromatic rings. The molecule has 1 aliphatic rings. The van der Waals surface area contributed by atoms with Crippen molar-refractivity contribution in [3.8, 4) is 5.75 Å². The van der Waals surface area contributed by atoms with E-state index >= 15 is 0 Å². The molecule has 1 atom stereocenters. The highest BCUT2D eigenvalue weighted by Crippen LogP contribution is 2.22. The van der Waals surface area contributed by atoms with E-state index < -0.39 is 6.10 Å². The molecule has 1 aliphatic heterocycles. The quantitative estimate of drug-likeness (QED) is 0.844. The van der Waals surface area contributed by atoms with Gasteiger partial charge < -0.3 is 14.5 Å². The molecule has 0 saturated carbocycles. The first-order valence-corrected chi connectivity index (χ1v) is 7.19. The molecule has 0 N–H and O–H groups in total. The second-order valence-electron chi connectivity index (χ2n) is 5.59. The molecule has 1 amide bonds. The van der Waals surface area contributed by atoms with Crippen LogP contribution in [0.5, 0.6) is 5.75 Å². The lowest BCUT2D eigenvalue weighted by Crippen LogP contribution is -2.50. The molecule has 4 nitrogen and oxygen atoms in total. The molecule has 20 heavy (non-hydrogen) atoms. The molecule has 1 fully saturated rings. The zero-order chi connectivity index (χ0) is 14.7. The summed E-state index contributed by atoms with van der Waals surface area (Å²) in [6, 6.07) is 5.94. The summed E-state index contributed by atoms with van der Waals surface area (Å²) in [4.78, 5) is 16.5. The van der Waals surface area contributed by atoms with E-state index in [0.29, 0.717) is 0 Å². The predicted octanol–water partition coefficient (Wildman–Crippen LogP) is 1.84. The van der Waals surface area contributed by atoms with Gasteiger partial charge in [0.25, 0.3) is 5.91 Å². The Morgan fingerprint density at radius 1 is 1.20 bits per heavy atom. The SMILES string of the molecule is Cc1cccc(O[C@@H](C)C(=O)N2CCN(C)CC2)c1C. The normalized spacial score (nSPS) is 17.9. The van der Waals surface area contributed by atoms with Gasteiger partial charge in [0.15, 0.2) is 6.10 Å². The predicted molar refractivity (Wildman–Crippen MR) is 80.1 cm³/mol. The van der Waals surface area contributed by atoms with Crippen molar-refractivity contribution in [2.75, 3.05) is 33.2 Å². The van der Waals surface area contributed by atoms with E-state index in [1.54, 1.807) is 0 Å². The van der Waals surface area contributed by atoms with Crippen molar-refractivity contribution in [3.05, 3.63) is 29.3 Å². The first kappa shape index (κ1) is 14.9. The van der Waals surface area contributed by atoms with Crippen molar-refractivity contribution in [2.24, 2.45) is 0 Å². The van der Waals surface area contributed by atoms with E-state index in [9.17, 15) is 4.79 Å². The molecule has 1 heterocycles. The molecule has 0 radical (unpaired) electrons. The highest BCUT2D eigenvalue weighted by molar-refractivity contribution is 5.81. The number of carbonyl (C=O) groups excluding carboxylic acids is 1. The Morgan fingerprint density at radius 2 is 1.85 bits per heavy atom. The van der Waals surface area contributed by atoms with Crippen LogP contribution < -0.4 is 4.74 Å². The molecule has 4 heteroatoms. The molecule has 0 spiro atoms. The van der Waals surface area contributed by atoms with Gasteiger partial charge in [-0.15, -0.1) is 0 Å². The fourth-order valence-corrected chi connectivity index (χ4v) is 2.38. The summed E-state index contributed by atoms with van der Waals surface area (Å²) in [7, 11) is 2.08. The highest BCUT2D eigenvalue weighted by Gasteiger charge is 2.25. The highest BCUT2D eigenvalue weighted by atomic mass is 16.5. The molecule has 1 aromatic carbocycles. The Morgan fingerprint density at radius 3 is 2.50 bits per heavy atom. The number of carbonyl (C=O) groups is 1. The lowest BCUT2D eigenvalue weighted by molar-refractivity contribution is -0.139. The molecule has 2 rings (SSSR count). The molecular weight excluding hydrogens is 252 g/mol. The zero-order valence-corrected chi connectivity index (χ0v) is 12.8. The van der Waals surface area contributed by atoms with Crippen LogP contribution in [0.15, 0.2) is 18.2 Å². The zero-order valence-electron chi connectivity index (χ0n) is 12.8. The maximum Gasteiger partial charge on any atom is 0.263 e. The van der Waals surface area contributed by atoms with Gasteiger partial charge in [-0.2, -0.15) is 0 Å². The number of nitrogens with zero attached hydrogens (tertiary/aromatic N) is 2. The monoisotopic (exact) mass is 276 g/mol. The summed E-state index contributed by atoms with van der Waals surface area (Å²) in [6.07, 6.45) is -0.432. The van der Waals surface area contributed by atoms with Crippen molar-refractivity contribution in [2.45, 2.75) is 26.9 Å². The Hall–Kier alpha value is -1.55. The van der Waals surface area contributed by atoms with Crippen molar-refractivity contribution in [3.63, 3.8) is 0 Å². The summed E-state index contributed by atoms with van der Waals surface area (Å²) >= 11 is 0. The Labute approximate surface area is 121 Å². The van der Waals surface area contributed by atoms with Crippen molar-refractivity contribution < 1.29 is 9.53 Å². The first-order valence-electron chi connectivity index (χ1n) is 7.19. The fraction of sp³-hybridized carbons (Fsp3) is 0.562. The Kier molecular flexibility index (Phi) is 4.65. The molecule has 1 saturated heterocycles. The number of rotatable bonds is 3. The van der Waals surface area contributed by atoms with E-state index in [0.717, 1.165) is 37.5 Å². The maximum atomic E-state index is 12.4. The van der Waals surface area contributed by atoms with E-state index in [1.807, 2.05) is 30.9 Å². The number of ether oxygens (including phenoxy) is 1. The number of aryl methyl sites for hydroxylation is 1. The van der Waals surface area contributed by atoms with Crippen molar-refractivity contribution >= 4 is 5.91 Å². The van der Waals surface area contributed by atoms with Gasteiger partial charge in [-0.25, -0.2) is 0 Å². The van der Waals surface area contributed by atoms with E-state index in [-0.39, 0.29) is 5.91 Å². The van der Waals surface area contributed by atoms with Crippen LogP contribution in [-0.4, -0.2) is 55.0 Å².